The van der Waals surface area contributed by atoms with Gasteiger partial charge >= 0.3 is 0 Å². The van der Waals surface area contributed by atoms with E-state index in [1.807, 2.05) is 6.07 Å². The Bertz CT molecular complexity index is 2320. The van der Waals surface area contributed by atoms with Crippen LogP contribution in [0.1, 0.15) is 36.4 Å². The predicted octanol–water partition coefficient (Wildman–Crippen LogP) is 5.16. The van der Waals surface area contributed by atoms with E-state index in [0.29, 0.717) is 61.9 Å². The average Bonchev–Trinajstić information content (AvgIpc) is 3.67. The normalized spacial score (nSPS) is 12.5. The number of aromatic nitrogens is 6. The van der Waals surface area contributed by atoms with Gasteiger partial charge in [-0.05, 0) is 66.8 Å². The number of aryl methyl sites for hydroxylation is 4. The predicted molar refractivity (Wildman–Crippen MR) is 186 cm³/mol. The summed E-state index contributed by atoms with van der Waals surface area (Å²) in [5, 5.41) is 10.4. The first-order chi connectivity index (χ1) is 23.7. The Balaban J connectivity index is 1.40. The van der Waals surface area contributed by atoms with Crippen molar-refractivity contribution in [3.05, 3.63) is 97.6 Å². The second kappa shape index (κ2) is 13.0. The molecule has 1 aromatic carbocycles. The van der Waals surface area contributed by atoms with Crippen molar-refractivity contribution in [3.63, 3.8) is 0 Å². The van der Waals surface area contributed by atoms with E-state index in [9.17, 15) is 14.4 Å². The van der Waals surface area contributed by atoms with E-state index in [2.05, 4.69) is 48.3 Å². The molecule has 5 aromatic heterocycles. The summed E-state index contributed by atoms with van der Waals surface area (Å²) in [7, 11) is 0.639. The molecule has 6 aromatic rings. The molecule has 0 unspecified atom stereocenters. The number of nitrogens with one attached hydrogen (secondary N) is 2. The largest absolute Gasteiger partial charge is 0.383 e. The molecule has 13 nitrogen and oxygen atoms in total. The fourth-order valence-electron chi connectivity index (χ4n) is 5.44. The summed E-state index contributed by atoms with van der Waals surface area (Å²) in [6.45, 7) is 3.32. The van der Waals surface area contributed by atoms with Crippen LogP contribution in [0.2, 0.25) is 0 Å². The van der Waals surface area contributed by atoms with Crippen molar-refractivity contribution in [1.29, 1.82) is 0 Å². The van der Waals surface area contributed by atoms with Crippen LogP contribution in [0, 0.1) is 17.4 Å². The minimum Gasteiger partial charge on any atom is -0.383 e. The third-order valence-electron chi connectivity index (χ3n) is 7.50. The zero-order valence-corrected chi connectivity index (χ0v) is 27.9. The lowest BCUT2D eigenvalue weighted by Crippen LogP contribution is -2.18. The summed E-state index contributed by atoms with van der Waals surface area (Å²) < 4.78 is 38.4. The molecule has 0 atom stereocenters. The van der Waals surface area contributed by atoms with Gasteiger partial charge in [-0.15, -0.1) is 0 Å². The number of pyridine rings is 2. The number of nitrogens with zero attached hydrogens (tertiary/aromatic N) is 6. The van der Waals surface area contributed by atoms with E-state index in [-0.39, 0.29) is 24.4 Å². The Hall–Kier alpha value is -5.09. The van der Waals surface area contributed by atoms with Gasteiger partial charge in [-0.25, -0.2) is 4.98 Å². The monoisotopic (exact) mass is 749 g/mol. The first-order valence-electron chi connectivity index (χ1n) is 15.9. The SMILES string of the molecule is [2H]C([2H])([2H])OCCn1c(-c2ccc(-c3c(C)on(C)c3=O)cn2)c(I)c2cc(C)nc(C(=O)Nc3cccc(C(=O)Nc4ccn(C)n4)c3)c21. The average molecular weight is 750 g/mol. The number of anilines is 2. The zero-order valence-electron chi connectivity index (χ0n) is 28.8. The first kappa shape index (κ1) is 28.2. The number of benzene rings is 1. The van der Waals surface area contributed by atoms with Crippen LogP contribution in [-0.4, -0.2) is 54.5 Å². The quantitative estimate of drug-likeness (QED) is 0.193. The van der Waals surface area contributed by atoms with Gasteiger partial charge in [-0.1, -0.05) is 12.1 Å². The van der Waals surface area contributed by atoms with Crippen molar-refractivity contribution in [2.24, 2.45) is 14.1 Å². The number of halogens is 1. The molecule has 0 aliphatic rings. The molecule has 0 aliphatic carbocycles. The van der Waals surface area contributed by atoms with Gasteiger partial charge in [0, 0.05) is 77.6 Å². The van der Waals surface area contributed by atoms with Crippen LogP contribution in [-0.2, 0) is 25.4 Å². The molecule has 0 bridgehead atoms. The fourth-order valence-corrected chi connectivity index (χ4v) is 6.42. The summed E-state index contributed by atoms with van der Waals surface area (Å²) in [4.78, 5) is 48.9. The van der Waals surface area contributed by atoms with Crippen LogP contribution >= 0.6 is 22.6 Å². The minimum atomic E-state index is -2.63. The van der Waals surface area contributed by atoms with Crippen LogP contribution in [0.3, 0.4) is 0 Å². The molecule has 6 rings (SSSR count). The zero-order chi connectivity index (χ0) is 35.9. The highest BCUT2D eigenvalue weighted by Gasteiger charge is 2.25. The number of methoxy groups -OCH3 is 1. The highest BCUT2D eigenvalue weighted by Crippen LogP contribution is 2.36. The van der Waals surface area contributed by atoms with Crippen LogP contribution in [0.4, 0.5) is 11.5 Å². The molecule has 2 amide bonds. The van der Waals surface area contributed by atoms with Gasteiger partial charge in [0.25, 0.3) is 17.4 Å². The maximum absolute atomic E-state index is 14.0. The second-order valence-corrected chi connectivity index (χ2v) is 11.9. The van der Waals surface area contributed by atoms with Crippen molar-refractivity contribution in [1.82, 2.24) is 29.1 Å². The van der Waals surface area contributed by atoms with E-state index < -0.39 is 18.9 Å². The van der Waals surface area contributed by atoms with Crippen molar-refractivity contribution in [2.75, 3.05) is 24.3 Å². The van der Waals surface area contributed by atoms with Crippen molar-refractivity contribution < 1.29 is 23.0 Å². The molecular weight excluding hydrogens is 715 g/mol. The summed E-state index contributed by atoms with van der Waals surface area (Å²) >= 11 is 2.18. The van der Waals surface area contributed by atoms with Crippen LogP contribution < -0.4 is 16.2 Å². The third kappa shape index (κ3) is 6.20. The Morgan fingerprint density at radius 3 is 2.60 bits per heavy atom. The lowest BCUT2D eigenvalue weighted by atomic mass is 10.1. The van der Waals surface area contributed by atoms with Crippen LogP contribution in [0.25, 0.3) is 33.4 Å². The topological polar surface area (TPSA) is 151 Å². The summed E-state index contributed by atoms with van der Waals surface area (Å²) in [6, 6.07) is 13.5. The van der Waals surface area contributed by atoms with E-state index in [4.69, 9.17) is 13.4 Å². The van der Waals surface area contributed by atoms with Crippen molar-refractivity contribution in [3.8, 4) is 22.5 Å². The van der Waals surface area contributed by atoms with E-state index in [0.717, 1.165) is 8.31 Å². The Morgan fingerprint density at radius 2 is 1.91 bits per heavy atom. The van der Waals surface area contributed by atoms with Crippen LogP contribution in [0.15, 0.2) is 70.2 Å². The van der Waals surface area contributed by atoms with Crippen LogP contribution in [0.5, 0.6) is 0 Å². The molecule has 47 heavy (non-hydrogen) atoms. The standard InChI is InChI=1S/C33H31IN8O5/c1-18-15-23-27(34)30(24-10-9-21(17-35-24)26-19(2)47-41(4)33(26)45)42(13-14-46-5)29(23)28(36-18)32(44)37-22-8-6-7-20(16-22)31(43)38-25-11-12-40(3)39-25/h6-12,15-17H,13-14H2,1-5H3,(H,37,44)(H,38,39,43)/i5D3. The number of carbonyl (C=O) groups is 2. The second-order valence-electron chi connectivity index (χ2n) is 10.8. The van der Waals surface area contributed by atoms with E-state index >= 15 is 0 Å². The van der Waals surface area contributed by atoms with Crippen molar-refractivity contribution >= 4 is 56.8 Å². The molecule has 5 heterocycles. The number of carbonyl (C=O) groups excluding carboxylic acids is 2. The molecule has 240 valence electrons. The highest BCUT2D eigenvalue weighted by molar-refractivity contribution is 14.1. The van der Waals surface area contributed by atoms with Gasteiger partial charge in [-0.3, -0.25) is 24.0 Å². The van der Waals surface area contributed by atoms with E-state index in [1.165, 1.54) is 7.05 Å². The fraction of sp³-hybridized carbons (Fsp3) is 0.212. The van der Waals surface area contributed by atoms with E-state index in [1.54, 1.807) is 85.0 Å². The molecule has 0 aliphatic heterocycles. The first-order valence-corrected chi connectivity index (χ1v) is 15.5. The number of hydrogen-bond acceptors (Lipinski definition) is 8. The minimum absolute atomic E-state index is 0.0479. The number of rotatable bonds is 9. The van der Waals surface area contributed by atoms with Gasteiger partial charge in [0.1, 0.15) is 5.76 Å². The Kier molecular flexibility index (Phi) is 7.76. The lowest BCUT2D eigenvalue weighted by Gasteiger charge is -2.13. The summed E-state index contributed by atoms with van der Waals surface area (Å²) in [5.41, 5.74) is 3.53. The van der Waals surface area contributed by atoms with Gasteiger partial charge in [0.05, 0.1) is 33.2 Å². The molecule has 0 fully saturated rings. The highest BCUT2D eigenvalue weighted by atomic mass is 127. The van der Waals surface area contributed by atoms with Crippen molar-refractivity contribution in [2.45, 2.75) is 20.4 Å². The molecule has 14 heteroatoms. The maximum Gasteiger partial charge on any atom is 0.290 e. The number of amides is 2. The maximum atomic E-state index is 14.0. The molecule has 0 saturated heterocycles. The molecule has 0 saturated carbocycles. The smallest absolute Gasteiger partial charge is 0.290 e. The number of hydrogen-bond donors (Lipinski definition) is 2. The molecular formula is C33H31IN8O5. The lowest BCUT2D eigenvalue weighted by molar-refractivity contribution is 0.101. The van der Waals surface area contributed by atoms with Gasteiger partial charge < -0.3 is 24.5 Å². The summed E-state index contributed by atoms with van der Waals surface area (Å²) in [6.07, 6.45) is 3.27. The van der Waals surface area contributed by atoms with Gasteiger partial charge in [0.15, 0.2) is 11.5 Å². The van der Waals surface area contributed by atoms with Gasteiger partial charge in [-0.2, -0.15) is 9.84 Å². The van der Waals surface area contributed by atoms with Gasteiger partial charge in [0.2, 0.25) is 0 Å². The number of ether oxygens (including phenoxy) is 1. The molecule has 0 radical (unpaired) electrons. The Morgan fingerprint density at radius 1 is 1.09 bits per heavy atom. The third-order valence-corrected chi connectivity index (χ3v) is 8.59. The number of fused-ring (bicyclic) bond motifs is 1. The molecule has 0 spiro atoms. The Labute approximate surface area is 286 Å². The summed E-state index contributed by atoms with van der Waals surface area (Å²) in [5.74, 6) is -0.111. The molecule has 2 N–H and O–H groups in total.